The van der Waals surface area contributed by atoms with E-state index in [9.17, 15) is 20.1 Å². The average molecular weight is 450 g/mol. The van der Waals surface area contributed by atoms with Crippen LogP contribution in [0.5, 0.6) is 5.75 Å². The number of nitrogens with one attached hydrogen (secondary N) is 2. The fourth-order valence-corrected chi connectivity index (χ4v) is 3.39. The number of rotatable bonds is 4. The largest absolute Gasteiger partial charge is 0.460 e. The van der Waals surface area contributed by atoms with Crippen molar-refractivity contribution in [1.82, 2.24) is 10.3 Å². The molecule has 5 atom stereocenters. The van der Waals surface area contributed by atoms with Crippen LogP contribution < -0.4 is 10.1 Å². The van der Waals surface area contributed by atoms with Crippen LogP contribution in [0.4, 0.5) is 0 Å². The van der Waals surface area contributed by atoms with Gasteiger partial charge in [0.2, 0.25) is 12.2 Å². The average Bonchev–Trinajstić information content (AvgIpc) is 2.96. The second-order valence-corrected chi connectivity index (χ2v) is 7.28. The van der Waals surface area contributed by atoms with Gasteiger partial charge in [0.1, 0.15) is 30.1 Å². The Kier molecular flexibility index (Phi) is 5.75. The summed E-state index contributed by atoms with van der Waals surface area (Å²) in [6.07, 6.45) is -3.32. The summed E-state index contributed by atoms with van der Waals surface area (Å²) < 4.78 is 12.1. The molecule has 0 spiro atoms. The number of aromatic amines is 1. The van der Waals surface area contributed by atoms with Crippen LogP contribution in [-0.4, -0.2) is 63.5 Å². The number of hydrogen-bond acceptors (Lipinski definition) is 6. The molecular weight excluding hydrogens is 432 g/mol. The molecule has 10 heteroatoms. The third-order valence-electron chi connectivity index (χ3n) is 4.18. The highest BCUT2D eigenvalue weighted by molar-refractivity contribution is 9.10. The Morgan fingerprint density at radius 1 is 1.42 bits per heavy atom. The molecule has 0 aliphatic carbocycles. The molecule has 1 aromatic carbocycles. The Hall–Kier alpha value is -1.36. The predicted molar refractivity (Wildman–Crippen MR) is 97.0 cm³/mol. The zero-order chi connectivity index (χ0) is 19.0. The van der Waals surface area contributed by atoms with Crippen LogP contribution in [0.15, 0.2) is 22.8 Å². The number of aliphatic hydroxyl groups is 3. The second kappa shape index (κ2) is 7.71. The number of benzene rings is 1. The first-order chi connectivity index (χ1) is 12.3. The maximum atomic E-state index is 11.5. The van der Waals surface area contributed by atoms with Crippen LogP contribution in [-0.2, 0) is 9.53 Å². The number of carbonyl (C=O) groups is 1. The van der Waals surface area contributed by atoms with Gasteiger partial charge in [0.25, 0.3) is 0 Å². The molecule has 0 saturated carbocycles. The van der Waals surface area contributed by atoms with Gasteiger partial charge >= 0.3 is 0 Å². The summed E-state index contributed by atoms with van der Waals surface area (Å²) in [5.41, 5.74) is 0.722. The summed E-state index contributed by atoms with van der Waals surface area (Å²) >= 11 is 9.42. The van der Waals surface area contributed by atoms with Crippen LogP contribution in [0, 0.1) is 0 Å². The van der Waals surface area contributed by atoms with E-state index in [0.29, 0.717) is 20.6 Å². The van der Waals surface area contributed by atoms with Crippen molar-refractivity contribution >= 4 is 44.3 Å². The van der Waals surface area contributed by atoms with E-state index in [1.165, 1.54) is 6.92 Å². The third kappa shape index (κ3) is 3.68. The van der Waals surface area contributed by atoms with Gasteiger partial charge in [0, 0.05) is 23.0 Å². The number of H-pyrrole nitrogens is 1. The molecular formula is C16H18BrClN2O6. The second-order valence-electron chi connectivity index (χ2n) is 6.02. The molecule has 26 heavy (non-hydrogen) atoms. The van der Waals surface area contributed by atoms with Gasteiger partial charge in [-0.25, -0.2) is 0 Å². The molecule has 1 fully saturated rings. The topological polar surface area (TPSA) is 124 Å². The van der Waals surface area contributed by atoms with Crippen LogP contribution in [0.3, 0.4) is 0 Å². The number of amides is 1. The van der Waals surface area contributed by atoms with Gasteiger partial charge in [0.05, 0.1) is 17.1 Å². The lowest BCUT2D eigenvalue weighted by atomic mass is 9.97. The van der Waals surface area contributed by atoms with Gasteiger partial charge in [-0.1, -0.05) is 11.6 Å². The number of hydrogen-bond donors (Lipinski definition) is 5. The van der Waals surface area contributed by atoms with E-state index >= 15 is 0 Å². The Morgan fingerprint density at radius 3 is 2.81 bits per heavy atom. The van der Waals surface area contributed by atoms with E-state index in [1.807, 2.05) is 0 Å². The zero-order valence-electron chi connectivity index (χ0n) is 13.6. The Labute approximate surface area is 162 Å². The summed E-state index contributed by atoms with van der Waals surface area (Å²) in [6.45, 7) is 0.763. The number of ether oxygens (including phenoxy) is 2. The molecule has 1 amide bonds. The summed E-state index contributed by atoms with van der Waals surface area (Å²) in [5, 5.41) is 33.5. The van der Waals surface area contributed by atoms with Crippen molar-refractivity contribution in [3.05, 3.63) is 27.8 Å². The Balaban J connectivity index is 1.92. The molecule has 0 bridgehead atoms. The zero-order valence-corrected chi connectivity index (χ0v) is 16.0. The first-order valence-electron chi connectivity index (χ1n) is 7.84. The minimum absolute atomic E-state index is 0.401. The highest BCUT2D eigenvalue weighted by Crippen LogP contribution is 2.34. The minimum Gasteiger partial charge on any atom is -0.460 e. The lowest BCUT2D eigenvalue weighted by Gasteiger charge is -2.41. The van der Waals surface area contributed by atoms with E-state index < -0.39 is 43.2 Å². The van der Waals surface area contributed by atoms with Crippen LogP contribution in [0.2, 0.25) is 5.02 Å². The molecule has 142 valence electrons. The van der Waals surface area contributed by atoms with Gasteiger partial charge in [-0.15, -0.1) is 0 Å². The number of aliphatic hydroxyl groups excluding tert-OH is 3. The SMILES string of the molecule is CC(=O)N[C@H]1[C@H](Oc2c[nH]c3cc(Cl)c(Br)cc23)O[C@H](CO)[C@@H](O)[C@H]1O. The van der Waals surface area contributed by atoms with Crippen molar-refractivity contribution in [2.24, 2.45) is 0 Å². The lowest BCUT2D eigenvalue weighted by Crippen LogP contribution is -2.65. The van der Waals surface area contributed by atoms with Gasteiger partial charge in [-0.2, -0.15) is 0 Å². The minimum atomic E-state index is -1.37. The molecule has 0 unspecified atom stereocenters. The molecule has 0 radical (unpaired) electrons. The van der Waals surface area contributed by atoms with Crippen molar-refractivity contribution in [2.45, 2.75) is 37.6 Å². The molecule has 1 aromatic heterocycles. The highest BCUT2D eigenvalue weighted by Gasteiger charge is 2.46. The number of aromatic nitrogens is 1. The first kappa shape index (κ1) is 19.4. The first-order valence-corrected chi connectivity index (χ1v) is 9.01. The highest BCUT2D eigenvalue weighted by atomic mass is 79.9. The van der Waals surface area contributed by atoms with Crippen LogP contribution >= 0.6 is 27.5 Å². The maximum Gasteiger partial charge on any atom is 0.223 e. The van der Waals surface area contributed by atoms with E-state index in [1.54, 1.807) is 18.3 Å². The maximum absolute atomic E-state index is 11.5. The predicted octanol–water partition coefficient (Wildman–Crippen LogP) is 0.906. The fraction of sp³-hybridized carbons (Fsp3) is 0.438. The Bertz CT molecular complexity index is 815. The van der Waals surface area contributed by atoms with E-state index in [2.05, 4.69) is 26.2 Å². The van der Waals surface area contributed by atoms with Crippen LogP contribution in [0.25, 0.3) is 10.9 Å². The quantitative estimate of drug-likeness (QED) is 0.473. The van der Waals surface area contributed by atoms with Crippen molar-refractivity contribution < 1.29 is 29.6 Å². The molecule has 1 aliphatic heterocycles. The smallest absolute Gasteiger partial charge is 0.223 e. The lowest BCUT2D eigenvalue weighted by molar-refractivity contribution is -0.244. The van der Waals surface area contributed by atoms with Gasteiger partial charge in [-0.3, -0.25) is 4.79 Å². The number of fused-ring (bicyclic) bond motifs is 1. The van der Waals surface area contributed by atoms with Crippen LogP contribution in [0.1, 0.15) is 6.92 Å². The molecule has 1 saturated heterocycles. The molecule has 5 N–H and O–H groups in total. The van der Waals surface area contributed by atoms with Crippen molar-refractivity contribution in [2.75, 3.05) is 6.61 Å². The fourth-order valence-electron chi connectivity index (χ4n) is 2.88. The van der Waals surface area contributed by atoms with Gasteiger partial charge in [0.15, 0.2) is 0 Å². The van der Waals surface area contributed by atoms with E-state index in [0.717, 1.165) is 5.52 Å². The van der Waals surface area contributed by atoms with E-state index in [-0.39, 0.29) is 0 Å². The summed E-state index contributed by atoms with van der Waals surface area (Å²) in [6, 6.07) is 2.45. The molecule has 2 heterocycles. The molecule has 2 aromatic rings. The standard InChI is InChI=1S/C16H18BrClN2O6/c1-6(22)20-13-15(24)14(23)12(5-21)26-16(13)25-11-4-19-10-3-9(18)8(17)2-7(10)11/h2-4,12-16,19,21,23-24H,5H2,1H3,(H,20,22)/t12-,13-,14-,15+,16-/m1/s1. The Morgan fingerprint density at radius 2 is 2.15 bits per heavy atom. The van der Waals surface area contributed by atoms with Gasteiger partial charge in [-0.05, 0) is 28.1 Å². The van der Waals surface area contributed by atoms with Crippen molar-refractivity contribution in [3.63, 3.8) is 0 Å². The summed E-state index contributed by atoms with van der Waals surface area (Å²) in [7, 11) is 0. The van der Waals surface area contributed by atoms with Crippen molar-refractivity contribution in [3.8, 4) is 5.75 Å². The number of carbonyl (C=O) groups excluding carboxylic acids is 1. The molecule has 1 aliphatic rings. The molecule has 3 rings (SSSR count). The third-order valence-corrected chi connectivity index (χ3v) is 5.38. The summed E-state index contributed by atoms with van der Waals surface area (Å²) in [4.78, 5) is 14.5. The van der Waals surface area contributed by atoms with Crippen molar-refractivity contribution in [1.29, 1.82) is 0 Å². The summed E-state index contributed by atoms with van der Waals surface area (Å²) in [5.74, 6) is -0.0210. The monoisotopic (exact) mass is 448 g/mol. The number of halogens is 2. The van der Waals surface area contributed by atoms with Gasteiger partial charge < -0.3 is 35.1 Å². The molecule has 8 nitrogen and oxygen atoms in total. The normalized spacial score (nSPS) is 28.9. The van der Waals surface area contributed by atoms with E-state index in [4.69, 9.17) is 21.1 Å².